The summed E-state index contributed by atoms with van der Waals surface area (Å²) < 4.78 is 13.7. The van der Waals surface area contributed by atoms with Gasteiger partial charge < -0.3 is 10.6 Å². The Kier molecular flexibility index (Phi) is 5.46. The maximum absolute atomic E-state index is 13.7. The molecule has 0 aliphatic rings. The normalized spacial score (nSPS) is 11.8. The lowest BCUT2D eigenvalue weighted by Gasteiger charge is -2.19. The van der Waals surface area contributed by atoms with Gasteiger partial charge in [0.15, 0.2) is 0 Å². The molecule has 0 fully saturated rings. The first-order valence-electron chi connectivity index (χ1n) is 8.11. The van der Waals surface area contributed by atoms with Gasteiger partial charge in [0.25, 0.3) is 0 Å². The molecule has 0 radical (unpaired) electrons. The number of nitrogens with one attached hydrogen (secondary N) is 2. The number of carbonyl (C=O) groups excluding carboxylic acids is 1. The van der Waals surface area contributed by atoms with Crippen LogP contribution in [-0.2, 0) is 6.42 Å². The van der Waals surface area contributed by atoms with Gasteiger partial charge in [-0.15, -0.1) is 11.3 Å². The molecule has 3 aromatic rings. The first kappa shape index (κ1) is 17.2. The predicted molar refractivity (Wildman–Crippen MR) is 101 cm³/mol. The van der Waals surface area contributed by atoms with E-state index in [1.807, 2.05) is 29.6 Å². The second kappa shape index (κ2) is 7.94. The number of hydrogen-bond donors (Lipinski definition) is 2. The van der Waals surface area contributed by atoms with Gasteiger partial charge in [-0.1, -0.05) is 49.4 Å². The van der Waals surface area contributed by atoms with Crippen LogP contribution >= 0.6 is 11.3 Å². The van der Waals surface area contributed by atoms with Crippen molar-refractivity contribution in [2.75, 3.05) is 5.32 Å². The van der Waals surface area contributed by atoms with Crippen LogP contribution in [0.5, 0.6) is 0 Å². The molecule has 1 heterocycles. The number of hydrogen-bond acceptors (Lipinski definition) is 2. The van der Waals surface area contributed by atoms with Crippen molar-refractivity contribution in [3.63, 3.8) is 0 Å². The van der Waals surface area contributed by atoms with Crippen LogP contribution in [0.3, 0.4) is 0 Å². The molecule has 0 aliphatic carbocycles. The number of urea groups is 1. The summed E-state index contributed by atoms with van der Waals surface area (Å²) in [5.74, 6) is -0.461. The van der Waals surface area contributed by atoms with Crippen molar-refractivity contribution in [2.45, 2.75) is 19.4 Å². The maximum Gasteiger partial charge on any atom is 0.320 e. The lowest BCUT2D eigenvalue weighted by Crippen LogP contribution is -2.33. The summed E-state index contributed by atoms with van der Waals surface area (Å²) in [6.45, 7) is 2.10. The predicted octanol–water partition coefficient (Wildman–Crippen LogP) is 5.36. The Hall–Kier alpha value is -2.66. The van der Waals surface area contributed by atoms with E-state index in [-0.39, 0.29) is 11.7 Å². The van der Waals surface area contributed by atoms with Crippen LogP contribution in [0.4, 0.5) is 14.9 Å². The Morgan fingerprint density at radius 3 is 2.48 bits per heavy atom. The molecule has 25 heavy (non-hydrogen) atoms. The van der Waals surface area contributed by atoms with Gasteiger partial charge in [-0.25, -0.2) is 9.18 Å². The van der Waals surface area contributed by atoms with Crippen molar-refractivity contribution < 1.29 is 9.18 Å². The Morgan fingerprint density at radius 1 is 1.08 bits per heavy atom. The SMILES string of the molecule is CCc1ccc(C(NC(=O)Nc2ccccc2F)c2cccs2)cc1. The van der Waals surface area contributed by atoms with Crippen LogP contribution in [0.2, 0.25) is 0 Å². The quantitative estimate of drug-likeness (QED) is 0.636. The van der Waals surface area contributed by atoms with Gasteiger partial charge in [-0.2, -0.15) is 0 Å². The molecule has 1 aromatic heterocycles. The second-order valence-electron chi connectivity index (χ2n) is 5.62. The van der Waals surface area contributed by atoms with Crippen molar-refractivity contribution in [3.05, 3.63) is 87.9 Å². The Balaban J connectivity index is 1.80. The second-order valence-corrected chi connectivity index (χ2v) is 6.60. The van der Waals surface area contributed by atoms with Gasteiger partial charge in [0.1, 0.15) is 5.82 Å². The van der Waals surface area contributed by atoms with Crippen LogP contribution in [0, 0.1) is 5.82 Å². The summed E-state index contributed by atoms with van der Waals surface area (Å²) in [7, 11) is 0. The molecule has 5 heteroatoms. The van der Waals surface area contributed by atoms with Gasteiger partial charge in [-0.05, 0) is 41.1 Å². The Labute approximate surface area is 150 Å². The van der Waals surface area contributed by atoms with Gasteiger partial charge >= 0.3 is 6.03 Å². The molecule has 2 amide bonds. The number of para-hydroxylation sites is 1. The molecule has 2 aromatic carbocycles. The van der Waals surface area contributed by atoms with Crippen molar-refractivity contribution in [1.29, 1.82) is 0 Å². The third-order valence-electron chi connectivity index (χ3n) is 3.95. The minimum Gasteiger partial charge on any atom is -0.326 e. The zero-order valence-electron chi connectivity index (χ0n) is 13.8. The highest BCUT2D eigenvalue weighted by Crippen LogP contribution is 2.26. The summed E-state index contributed by atoms with van der Waals surface area (Å²) in [5, 5.41) is 7.49. The molecule has 3 nitrogen and oxygen atoms in total. The number of amides is 2. The third kappa shape index (κ3) is 4.25. The van der Waals surface area contributed by atoms with E-state index in [1.165, 1.54) is 17.7 Å². The fourth-order valence-corrected chi connectivity index (χ4v) is 3.37. The molecule has 0 saturated carbocycles. The summed E-state index contributed by atoms with van der Waals surface area (Å²) in [4.78, 5) is 13.4. The van der Waals surface area contributed by atoms with E-state index in [2.05, 4.69) is 29.7 Å². The van der Waals surface area contributed by atoms with E-state index < -0.39 is 11.8 Å². The fourth-order valence-electron chi connectivity index (χ4n) is 2.57. The average molecular weight is 354 g/mol. The van der Waals surface area contributed by atoms with E-state index in [0.717, 1.165) is 16.9 Å². The number of anilines is 1. The molecule has 0 aliphatic heterocycles. The number of halogens is 1. The van der Waals surface area contributed by atoms with Gasteiger partial charge in [0.2, 0.25) is 0 Å². The highest BCUT2D eigenvalue weighted by Gasteiger charge is 2.18. The standard InChI is InChI=1S/C20H19FN2OS/c1-2-14-9-11-15(12-10-14)19(18-8-5-13-25-18)23-20(24)22-17-7-4-3-6-16(17)21/h3-13,19H,2H2,1H3,(H2,22,23,24). The molecule has 0 saturated heterocycles. The minimum absolute atomic E-state index is 0.159. The molecular weight excluding hydrogens is 335 g/mol. The highest BCUT2D eigenvalue weighted by atomic mass is 32.1. The summed E-state index contributed by atoms with van der Waals surface area (Å²) in [5.41, 5.74) is 2.39. The molecule has 3 rings (SSSR count). The van der Waals surface area contributed by atoms with Crippen LogP contribution in [0.1, 0.15) is 29.0 Å². The summed E-state index contributed by atoms with van der Waals surface area (Å²) in [6, 6.07) is 17.5. The van der Waals surface area contributed by atoms with Crippen molar-refractivity contribution in [2.24, 2.45) is 0 Å². The number of thiophene rings is 1. The average Bonchev–Trinajstić information content (AvgIpc) is 3.16. The van der Waals surface area contributed by atoms with E-state index in [1.54, 1.807) is 23.5 Å². The summed E-state index contributed by atoms with van der Waals surface area (Å²) >= 11 is 1.57. The topological polar surface area (TPSA) is 41.1 Å². The molecule has 128 valence electrons. The molecule has 1 atom stereocenters. The molecule has 0 spiro atoms. The number of carbonyl (C=O) groups is 1. The van der Waals surface area contributed by atoms with Crippen LogP contribution in [0.25, 0.3) is 0 Å². The zero-order chi connectivity index (χ0) is 17.6. The molecule has 0 bridgehead atoms. The van der Waals surface area contributed by atoms with Gasteiger partial charge in [-0.3, -0.25) is 0 Å². The molecule has 2 N–H and O–H groups in total. The minimum atomic E-state index is -0.461. The fraction of sp³-hybridized carbons (Fsp3) is 0.150. The van der Waals surface area contributed by atoms with Crippen LogP contribution in [0.15, 0.2) is 66.0 Å². The molecular formula is C20H19FN2OS. The van der Waals surface area contributed by atoms with Crippen molar-refractivity contribution in [3.8, 4) is 0 Å². The smallest absolute Gasteiger partial charge is 0.320 e. The van der Waals surface area contributed by atoms with E-state index >= 15 is 0 Å². The summed E-state index contributed by atoms with van der Waals surface area (Å²) in [6.07, 6.45) is 0.963. The highest BCUT2D eigenvalue weighted by molar-refractivity contribution is 7.10. The van der Waals surface area contributed by atoms with Crippen molar-refractivity contribution in [1.82, 2.24) is 5.32 Å². The number of aryl methyl sites for hydroxylation is 1. The monoisotopic (exact) mass is 354 g/mol. The molecule has 1 unspecified atom stereocenters. The first-order chi connectivity index (χ1) is 12.2. The van der Waals surface area contributed by atoms with E-state index in [9.17, 15) is 9.18 Å². The van der Waals surface area contributed by atoms with Gasteiger partial charge in [0, 0.05) is 4.88 Å². The zero-order valence-corrected chi connectivity index (χ0v) is 14.6. The Morgan fingerprint density at radius 2 is 1.84 bits per heavy atom. The lowest BCUT2D eigenvalue weighted by molar-refractivity contribution is 0.250. The number of rotatable bonds is 5. The maximum atomic E-state index is 13.7. The third-order valence-corrected chi connectivity index (χ3v) is 4.88. The van der Waals surface area contributed by atoms with Crippen LogP contribution in [-0.4, -0.2) is 6.03 Å². The Bertz CT molecular complexity index is 831. The first-order valence-corrected chi connectivity index (χ1v) is 8.99. The van der Waals surface area contributed by atoms with Crippen molar-refractivity contribution >= 4 is 23.1 Å². The number of benzene rings is 2. The van der Waals surface area contributed by atoms with Crippen LogP contribution < -0.4 is 10.6 Å². The largest absolute Gasteiger partial charge is 0.326 e. The van der Waals surface area contributed by atoms with Gasteiger partial charge in [0.05, 0.1) is 11.7 Å². The lowest BCUT2D eigenvalue weighted by atomic mass is 10.0. The van der Waals surface area contributed by atoms with E-state index in [4.69, 9.17) is 0 Å². The van der Waals surface area contributed by atoms with E-state index in [0.29, 0.717) is 0 Å².